The van der Waals surface area contributed by atoms with E-state index in [-0.39, 0.29) is 24.0 Å². The van der Waals surface area contributed by atoms with Crippen LogP contribution in [0.5, 0.6) is 0 Å². The molecule has 2 saturated heterocycles. The van der Waals surface area contributed by atoms with Crippen molar-refractivity contribution in [3.05, 3.63) is 0 Å². The van der Waals surface area contributed by atoms with Crippen molar-refractivity contribution in [2.75, 3.05) is 44.9 Å². The fraction of sp³-hybridized carbons (Fsp3) is 0.929. The van der Waals surface area contributed by atoms with Crippen molar-refractivity contribution in [3.63, 3.8) is 0 Å². The Balaban J connectivity index is 0.00000220. The Hall–Kier alpha value is 0.270. The Bertz CT molecular complexity index is 319. The van der Waals surface area contributed by atoms with Crippen LogP contribution in [0.1, 0.15) is 25.7 Å². The summed E-state index contributed by atoms with van der Waals surface area (Å²) < 4.78 is 5.37. The number of rotatable bonds is 5. The van der Waals surface area contributed by atoms with Gasteiger partial charge in [0, 0.05) is 39.1 Å². The van der Waals surface area contributed by atoms with Crippen molar-refractivity contribution in [3.8, 4) is 0 Å². The number of halogens is 1. The fourth-order valence-electron chi connectivity index (χ4n) is 2.63. The van der Waals surface area contributed by atoms with E-state index in [2.05, 4.69) is 15.6 Å². The number of nitrogens with zero attached hydrogens (tertiary/aromatic N) is 1. The zero-order valence-corrected chi connectivity index (χ0v) is 15.9. The van der Waals surface area contributed by atoms with Crippen LogP contribution in [0.4, 0.5) is 0 Å². The van der Waals surface area contributed by atoms with E-state index in [1.807, 2.05) is 11.8 Å². The number of ether oxygens (including phenoxy) is 1. The Morgan fingerprint density at radius 1 is 1.38 bits per heavy atom. The van der Waals surface area contributed by atoms with Crippen LogP contribution in [0, 0.1) is 5.92 Å². The van der Waals surface area contributed by atoms with Gasteiger partial charge in [0.15, 0.2) is 5.96 Å². The topological polar surface area (TPSA) is 65.9 Å². The van der Waals surface area contributed by atoms with Crippen LogP contribution in [0.15, 0.2) is 4.99 Å². The van der Waals surface area contributed by atoms with Crippen LogP contribution < -0.4 is 10.6 Å². The molecular formula is C14H28IN3O2S. The average molecular weight is 429 g/mol. The van der Waals surface area contributed by atoms with Gasteiger partial charge in [-0.25, -0.2) is 0 Å². The first-order valence-corrected chi connectivity index (χ1v) is 8.70. The molecule has 0 saturated carbocycles. The molecule has 2 rings (SSSR count). The lowest BCUT2D eigenvalue weighted by atomic mass is 9.97. The van der Waals surface area contributed by atoms with Crippen LogP contribution in [0.2, 0.25) is 0 Å². The minimum atomic E-state index is -0.566. The Kier molecular flexibility index (Phi) is 9.31. The second-order valence-electron chi connectivity index (χ2n) is 5.72. The second kappa shape index (κ2) is 10.1. The maximum absolute atomic E-state index is 10.3. The molecule has 0 bridgehead atoms. The molecule has 21 heavy (non-hydrogen) atoms. The summed E-state index contributed by atoms with van der Waals surface area (Å²) in [6, 6.07) is 0. The first kappa shape index (κ1) is 19.3. The van der Waals surface area contributed by atoms with E-state index in [1.165, 1.54) is 12.8 Å². The van der Waals surface area contributed by atoms with Gasteiger partial charge in [0.1, 0.15) is 0 Å². The van der Waals surface area contributed by atoms with Gasteiger partial charge in [-0.05, 0) is 37.4 Å². The van der Waals surface area contributed by atoms with Gasteiger partial charge in [-0.1, -0.05) is 0 Å². The van der Waals surface area contributed by atoms with Crippen molar-refractivity contribution >= 4 is 41.7 Å². The number of aliphatic hydroxyl groups is 1. The number of guanidine groups is 1. The molecule has 5 nitrogen and oxygen atoms in total. The summed E-state index contributed by atoms with van der Waals surface area (Å²) in [5.74, 6) is 3.43. The molecule has 2 heterocycles. The van der Waals surface area contributed by atoms with Gasteiger partial charge >= 0.3 is 0 Å². The van der Waals surface area contributed by atoms with Gasteiger partial charge < -0.3 is 20.5 Å². The first-order valence-electron chi connectivity index (χ1n) is 7.54. The molecule has 1 atom stereocenters. The normalized spacial score (nSPS) is 27.2. The summed E-state index contributed by atoms with van der Waals surface area (Å²) in [6.45, 7) is 3.32. The predicted octanol–water partition coefficient (Wildman–Crippen LogP) is 1.45. The van der Waals surface area contributed by atoms with Crippen molar-refractivity contribution in [2.45, 2.75) is 31.3 Å². The highest BCUT2D eigenvalue weighted by Gasteiger charge is 2.31. The quantitative estimate of drug-likeness (QED) is 0.351. The maximum atomic E-state index is 10.3. The number of hydrogen-bond acceptors (Lipinski definition) is 4. The largest absolute Gasteiger partial charge is 0.387 e. The number of thioether (sulfide) groups is 1. The summed E-state index contributed by atoms with van der Waals surface area (Å²) in [6.07, 6.45) is 4.36. The molecule has 3 N–H and O–H groups in total. The van der Waals surface area contributed by atoms with Crippen molar-refractivity contribution in [1.29, 1.82) is 0 Å². The van der Waals surface area contributed by atoms with Gasteiger partial charge in [0.25, 0.3) is 0 Å². The van der Waals surface area contributed by atoms with E-state index in [0.29, 0.717) is 6.54 Å². The van der Waals surface area contributed by atoms with E-state index >= 15 is 0 Å². The molecule has 2 aliphatic rings. The second-order valence-corrected chi connectivity index (χ2v) is 6.83. The lowest BCUT2D eigenvalue weighted by Gasteiger charge is -2.24. The van der Waals surface area contributed by atoms with Gasteiger partial charge in [-0.15, -0.1) is 24.0 Å². The molecule has 0 aromatic carbocycles. The zero-order chi connectivity index (χ0) is 14.3. The van der Waals surface area contributed by atoms with E-state index in [0.717, 1.165) is 56.0 Å². The third-order valence-corrected chi connectivity index (χ3v) is 5.31. The fourth-order valence-corrected chi connectivity index (χ4v) is 3.93. The minimum Gasteiger partial charge on any atom is -0.387 e. The molecule has 7 heteroatoms. The van der Waals surface area contributed by atoms with Gasteiger partial charge in [0.2, 0.25) is 0 Å². The Morgan fingerprint density at radius 2 is 2.14 bits per heavy atom. The Morgan fingerprint density at radius 3 is 2.76 bits per heavy atom. The Labute approximate surface area is 149 Å². The number of aliphatic imine (C=N–C) groups is 1. The SMILES string of the molecule is CN=C(NCCC1CCOCC1)NCC1(O)CCSC1.I. The molecule has 124 valence electrons. The molecule has 2 fully saturated rings. The maximum Gasteiger partial charge on any atom is 0.191 e. The summed E-state index contributed by atoms with van der Waals surface area (Å²) in [4.78, 5) is 4.21. The molecule has 0 aromatic rings. The van der Waals surface area contributed by atoms with Crippen LogP contribution in [0.3, 0.4) is 0 Å². The number of nitrogens with one attached hydrogen (secondary N) is 2. The standard InChI is InChI=1S/C14H27N3O2S.HI/c1-15-13(17-10-14(18)5-9-20-11-14)16-6-2-12-3-7-19-8-4-12;/h12,18H,2-11H2,1H3,(H2,15,16,17);1H. The highest BCUT2D eigenvalue weighted by Crippen LogP contribution is 2.26. The zero-order valence-electron chi connectivity index (χ0n) is 12.8. The summed E-state index contributed by atoms with van der Waals surface area (Å²) in [7, 11) is 1.78. The molecule has 2 aliphatic heterocycles. The monoisotopic (exact) mass is 429 g/mol. The molecule has 0 aliphatic carbocycles. The summed E-state index contributed by atoms with van der Waals surface area (Å²) in [5, 5.41) is 16.9. The van der Waals surface area contributed by atoms with E-state index < -0.39 is 5.60 Å². The summed E-state index contributed by atoms with van der Waals surface area (Å²) >= 11 is 1.81. The lowest BCUT2D eigenvalue weighted by molar-refractivity contribution is 0.0641. The molecular weight excluding hydrogens is 401 g/mol. The van der Waals surface area contributed by atoms with E-state index in [1.54, 1.807) is 7.05 Å². The molecule has 0 aromatic heterocycles. The average Bonchev–Trinajstić information content (AvgIpc) is 2.91. The van der Waals surface area contributed by atoms with Gasteiger partial charge in [0.05, 0.1) is 5.60 Å². The van der Waals surface area contributed by atoms with Crippen molar-refractivity contribution in [1.82, 2.24) is 10.6 Å². The first-order chi connectivity index (χ1) is 9.72. The minimum absolute atomic E-state index is 0. The van der Waals surface area contributed by atoms with E-state index in [9.17, 15) is 5.11 Å². The lowest BCUT2D eigenvalue weighted by Crippen LogP contribution is -2.47. The number of hydrogen-bond donors (Lipinski definition) is 3. The van der Waals surface area contributed by atoms with Crippen LogP contribution in [-0.4, -0.2) is 61.5 Å². The van der Waals surface area contributed by atoms with Gasteiger partial charge in [-0.2, -0.15) is 11.8 Å². The highest BCUT2D eigenvalue weighted by atomic mass is 127. The summed E-state index contributed by atoms with van der Waals surface area (Å²) in [5.41, 5.74) is -0.566. The smallest absolute Gasteiger partial charge is 0.191 e. The third-order valence-electron chi connectivity index (χ3n) is 4.08. The van der Waals surface area contributed by atoms with Crippen molar-refractivity contribution < 1.29 is 9.84 Å². The molecule has 0 radical (unpaired) electrons. The van der Waals surface area contributed by atoms with Crippen LogP contribution in [0.25, 0.3) is 0 Å². The third kappa shape index (κ3) is 6.92. The molecule has 0 amide bonds. The molecule has 1 unspecified atom stereocenters. The van der Waals surface area contributed by atoms with Crippen LogP contribution >= 0.6 is 35.7 Å². The predicted molar refractivity (Wildman–Crippen MR) is 99.8 cm³/mol. The van der Waals surface area contributed by atoms with E-state index in [4.69, 9.17) is 4.74 Å². The molecule has 0 spiro atoms. The van der Waals surface area contributed by atoms with Gasteiger partial charge in [-0.3, -0.25) is 4.99 Å². The van der Waals surface area contributed by atoms with Crippen LogP contribution in [-0.2, 0) is 4.74 Å². The highest BCUT2D eigenvalue weighted by molar-refractivity contribution is 14.0. The van der Waals surface area contributed by atoms with Crippen molar-refractivity contribution in [2.24, 2.45) is 10.9 Å².